The van der Waals surface area contributed by atoms with Crippen LogP contribution >= 0.6 is 0 Å². The number of phenols is 1. The fraction of sp³-hybridized carbons (Fsp3) is 0.333. The molecule has 5 N–H and O–H groups in total. The number of rotatable bonds is 2. The van der Waals surface area contributed by atoms with Gasteiger partial charge in [0.15, 0.2) is 5.82 Å². The SMILES string of the molecule is Nc1nnc(-c2ccccc2O)cc1N1CCC[C@@H](N)C1. The average Bonchev–Trinajstić information content (AvgIpc) is 2.48. The molecule has 1 aliphatic rings. The molecule has 1 saturated heterocycles. The van der Waals surface area contributed by atoms with Gasteiger partial charge in [0.2, 0.25) is 0 Å². The maximum atomic E-state index is 9.94. The van der Waals surface area contributed by atoms with Crippen molar-refractivity contribution in [2.75, 3.05) is 23.7 Å². The lowest BCUT2D eigenvalue weighted by atomic mass is 10.1. The zero-order valence-electron chi connectivity index (χ0n) is 11.7. The van der Waals surface area contributed by atoms with E-state index in [0.717, 1.165) is 31.6 Å². The van der Waals surface area contributed by atoms with Crippen molar-refractivity contribution in [2.45, 2.75) is 18.9 Å². The van der Waals surface area contributed by atoms with Crippen LogP contribution in [0.15, 0.2) is 30.3 Å². The molecular weight excluding hydrogens is 266 g/mol. The van der Waals surface area contributed by atoms with Gasteiger partial charge >= 0.3 is 0 Å². The Kier molecular flexibility index (Phi) is 3.62. The van der Waals surface area contributed by atoms with Gasteiger partial charge in [-0.3, -0.25) is 0 Å². The lowest BCUT2D eigenvalue weighted by Gasteiger charge is -2.33. The molecule has 3 rings (SSSR count). The van der Waals surface area contributed by atoms with E-state index in [2.05, 4.69) is 15.1 Å². The van der Waals surface area contributed by atoms with Gasteiger partial charge in [-0.25, -0.2) is 0 Å². The number of hydrogen-bond donors (Lipinski definition) is 3. The van der Waals surface area contributed by atoms with Gasteiger partial charge in [0.1, 0.15) is 5.75 Å². The molecule has 0 bridgehead atoms. The second kappa shape index (κ2) is 5.57. The van der Waals surface area contributed by atoms with Crippen molar-refractivity contribution in [3.63, 3.8) is 0 Å². The van der Waals surface area contributed by atoms with Gasteiger partial charge in [-0.1, -0.05) is 12.1 Å². The van der Waals surface area contributed by atoms with E-state index in [9.17, 15) is 5.11 Å². The largest absolute Gasteiger partial charge is 0.507 e. The van der Waals surface area contributed by atoms with Crippen LogP contribution in [-0.4, -0.2) is 34.4 Å². The molecule has 1 fully saturated rings. The number of phenolic OH excluding ortho intramolecular Hbond substituents is 1. The van der Waals surface area contributed by atoms with Gasteiger partial charge in [0, 0.05) is 24.7 Å². The number of nitrogens with zero attached hydrogens (tertiary/aromatic N) is 3. The minimum atomic E-state index is 0.153. The third-order valence-electron chi connectivity index (χ3n) is 3.78. The van der Waals surface area contributed by atoms with Crippen molar-refractivity contribution in [1.29, 1.82) is 0 Å². The standard InChI is InChI=1S/C15H19N5O/c16-10-4-3-7-20(9-10)13-8-12(18-19-15(13)17)11-5-1-2-6-14(11)21/h1-2,5-6,8,10,21H,3-4,7,9,16H2,(H2,17,19)/t10-/m1/s1. The first-order valence-electron chi connectivity index (χ1n) is 7.07. The molecule has 21 heavy (non-hydrogen) atoms. The summed E-state index contributed by atoms with van der Waals surface area (Å²) in [5.41, 5.74) is 14.1. The summed E-state index contributed by atoms with van der Waals surface area (Å²) in [6.45, 7) is 1.67. The average molecular weight is 285 g/mol. The Hall–Kier alpha value is -2.34. The molecule has 6 heteroatoms. The number of aromatic nitrogens is 2. The smallest absolute Gasteiger partial charge is 0.169 e. The first-order valence-corrected chi connectivity index (χ1v) is 7.07. The first-order chi connectivity index (χ1) is 10.1. The highest BCUT2D eigenvalue weighted by Crippen LogP contribution is 2.32. The van der Waals surface area contributed by atoms with E-state index in [1.807, 2.05) is 12.1 Å². The van der Waals surface area contributed by atoms with Gasteiger partial charge < -0.3 is 21.5 Å². The van der Waals surface area contributed by atoms with Gasteiger partial charge in [-0.2, -0.15) is 0 Å². The van der Waals surface area contributed by atoms with E-state index < -0.39 is 0 Å². The number of nitrogens with two attached hydrogens (primary N) is 2. The molecule has 1 atom stereocenters. The predicted octanol–water partition coefficient (Wildman–Crippen LogP) is 1.36. The summed E-state index contributed by atoms with van der Waals surface area (Å²) in [5.74, 6) is 0.570. The molecule has 2 heterocycles. The molecule has 0 saturated carbocycles. The van der Waals surface area contributed by atoms with Crippen LogP contribution in [0, 0.1) is 0 Å². The maximum absolute atomic E-state index is 9.94. The van der Waals surface area contributed by atoms with Crippen molar-refractivity contribution >= 4 is 11.5 Å². The molecule has 1 aromatic carbocycles. The summed E-state index contributed by atoms with van der Waals surface area (Å²) in [6.07, 6.45) is 2.07. The molecule has 0 spiro atoms. The highest BCUT2D eigenvalue weighted by atomic mass is 16.3. The number of nitrogen functional groups attached to an aromatic ring is 1. The molecule has 110 valence electrons. The van der Waals surface area contributed by atoms with Crippen LogP contribution in [0.5, 0.6) is 5.75 Å². The second-order valence-electron chi connectivity index (χ2n) is 5.37. The van der Waals surface area contributed by atoms with Crippen molar-refractivity contribution < 1.29 is 5.11 Å². The Morgan fingerprint density at radius 2 is 2.05 bits per heavy atom. The van der Waals surface area contributed by atoms with E-state index >= 15 is 0 Å². The monoisotopic (exact) mass is 285 g/mol. The molecule has 0 radical (unpaired) electrons. The quantitative estimate of drug-likeness (QED) is 0.770. The van der Waals surface area contributed by atoms with Gasteiger partial charge in [0.25, 0.3) is 0 Å². The lowest BCUT2D eigenvalue weighted by Crippen LogP contribution is -2.43. The third-order valence-corrected chi connectivity index (χ3v) is 3.78. The third kappa shape index (κ3) is 2.75. The number of hydrogen-bond acceptors (Lipinski definition) is 6. The fourth-order valence-corrected chi connectivity index (χ4v) is 2.70. The van der Waals surface area contributed by atoms with Crippen molar-refractivity contribution in [3.05, 3.63) is 30.3 Å². The zero-order chi connectivity index (χ0) is 14.8. The number of piperidine rings is 1. The van der Waals surface area contributed by atoms with E-state index in [1.165, 1.54) is 0 Å². The van der Waals surface area contributed by atoms with Crippen LogP contribution in [0.3, 0.4) is 0 Å². The van der Waals surface area contributed by atoms with E-state index in [1.54, 1.807) is 18.2 Å². The number of anilines is 2. The number of aromatic hydroxyl groups is 1. The van der Waals surface area contributed by atoms with E-state index in [4.69, 9.17) is 11.5 Å². The van der Waals surface area contributed by atoms with E-state index in [-0.39, 0.29) is 11.8 Å². The van der Waals surface area contributed by atoms with Crippen molar-refractivity contribution in [2.24, 2.45) is 5.73 Å². The minimum absolute atomic E-state index is 0.153. The van der Waals surface area contributed by atoms with Crippen LogP contribution in [0.2, 0.25) is 0 Å². The first kappa shape index (κ1) is 13.6. The van der Waals surface area contributed by atoms with Crippen LogP contribution in [-0.2, 0) is 0 Å². The number of para-hydroxylation sites is 1. The molecule has 1 aromatic heterocycles. The van der Waals surface area contributed by atoms with Crippen molar-refractivity contribution in [3.8, 4) is 17.0 Å². The van der Waals surface area contributed by atoms with Crippen molar-refractivity contribution in [1.82, 2.24) is 10.2 Å². The topological polar surface area (TPSA) is 101 Å². The predicted molar refractivity (Wildman–Crippen MR) is 83.0 cm³/mol. The molecule has 0 aliphatic carbocycles. The lowest BCUT2D eigenvalue weighted by molar-refractivity contribution is 0.477. The molecule has 0 unspecified atom stereocenters. The Morgan fingerprint density at radius 3 is 2.81 bits per heavy atom. The Morgan fingerprint density at radius 1 is 1.24 bits per heavy atom. The summed E-state index contributed by atoms with van der Waals surface area (Å²) in [5, 5.41) is 18.1. The van der Waals surface area contributed by atoms with Gasteiger partial charge in [0.05, 0.1) is 11.4 Å². The van der Waals surface area contributed by atoms with E-state index in [0.29, 0.717) is 17.1 Å². The summed E-state index contributed by atoms with van der Waals surface area (Å²) < 4.78 is 0. The normalized spacial score (nSPS) is 18.7. The highest BCUT2D eigenvalue weighted by molar-refractivity contribution is 5.74. The van der Waals surface area contributed by atoms with Crippen LogP contribution in [0.25, 0.3) is 11.3 Å². The summed E-state index contributed by atoms with van der Waals surface area (Å²) in [4.78, 5) is 2.14. The summed E-state index contributed by atoms with van der Waals surface area (Å²) >= 11 is 0. The molecule has 1 aliphatic heterocycles. The molecular formula is C15H19N5O. The van der Waals surface area contributed by atoms with Crippen LogP contribution in [0.4, 0.5) is 11.5 Å². The van der Waals surface area contributed by atoms with Gasteiger partial charge in [-0.05, 0) is 31.0 Å². The fourth-order valence-electron chi connectivity index (χ4n) is 2.70. The highest BCUT2D eigenvalue weighted by Gasteiger charge is 2.20. The Bertz CT molecular complexity index is 646. The summed E-state index contributed by atoms with van der Waals surface area (Å²) in [7, 11) is 0. The van der Waals surface area contributed by atoms with Gasteiger partial charge in [-0.15, -0.1) is 10.2 Å². The molecule has 0 amide bonds. The molecule has 2 aromatic rings. The second-order valence-corrected chi connectivity index (χ2v) is 5.37. The minimum Gasteiger partial charge on any atom is -0.507 e. The Labute approximate surface area is 123 Å². The number of benzene rings is 1. The Balaban J connectivity index is 1.98. The molecule has 6 nitrogen and oxygen atoms in total. The summed E-state index contributed by atoms with van der Waals surface area (Å²) in [6, 6.07) is 9.08. The maximum Gasteiger partial charge on any atom is 0.169 e. The zero-order valence-corrected chi connectivity index (χ0v) is 11.7. The van der Waals surface area contributed by atoms with Crippen LogP contribution in [0.1, 0.15) is 12.8 Å². The van der Waals surface area contributed by atoms with Crippen LogP contribution < -0.4 is 16.4 Å².